The molecule has 0 atom stereocenters. The molecule has 0 heterocycles. The van der Waals surface area contributed by atoms with Crippen LogP contribution in [0.4, 0.5) is 10.1 Å². The first-order chi connectivity index (χ1) is 10.4. The maximum absolute atomic E-state index is 13.1. The lowest BCUT2D eigenvalue weighted by molar-refractivity contribution is -0.117. The topological polar surface area (TPSA) is 32.3 Å². The van der Waals surface area contributed by atoms with Crippen molar-refractivity contribution in [3.63, 3.8) is 0 Å². The van der Waals surface area contributed by atoms with Gasteiger partial charge in [-0.2, -0.15) is 0 Å². The molecule has 116 valence electrons. The van der Waals surface area contributed by atoms with Gasteiger partial charge in [-0.3, -0.25) is 9.69 Å². The van der Waals surface area contributed by atoms with Crippen LogP contribution >= 0.6 is 11.6 Å². The van der Waals surface area contributed by atoms with Crippen LogP contribution in [0.5, 0.6) is 0 Å². The van der Waals surface area contributed by atoms with E-state index in [0.717, 1.165) is 5.56 Å². The van der Waals surface area contributed by atoms with Gasteiger partial charge in [0.15, 0.2) is 0 Å². The number of nitrogens with one attached hydrogen (secondary N) is 1. The van der Waals surface area contributed by atoms with Gasteiger partial charge in [0, 0.05) is 12.2 Å². The molecular formula is C17H18ClFN2O. The van der Waals surface area contributed by atoms with Gasteiger partial charge >= 0.3 is 0 Å². The molecule has 0 fully saturated rings. The zero-order valence-electron chi connectivity index (χ0n) is 12.6. The van der Waals surface area contributed by atoms with E-state index in [-0.39, 0.29) is 17.5 Å². The standard InChI is InChI=1S/C17H18ClFN2O/c1-12-3-5-13(6-4-12)10-21(2)11-17(22)20-14-7-8-16(19)15(18)9-14/h3-9H,10-11H2,1-2H3,(H,20,22). The molecule has 0 saturated heterocycles. The van der Waals surface area contributed by atoms with Gasteiger partial charge in [-0.15, -0.1) is 0 Å². The Morgan fingerprint density at radius 3 is 2.55 bits per heavy atom. The summed E-state index contributed by atoms with van der Waals surface area (Å²) in [5, 5.41) is 2.70. The summed E-state index contributed by atoms with van der Waals surface area (Å²) in [6, 6.07) is 12.3. The van der Waals surface area contributed by atoms with E-state index in [0.29, 0.717) is 12.2 Å². The summed E-state index contributed by atoms with van der Waals surface area (Å²) in [7, 11) is 1.87. The van der Waals surface area contributed by atoms with Crippen molar-refractivity contribution in [3.05, 3.63) is 64.4 Å². The summed E-state index contributed by atoms with van der Waals surface area (Å²) in [5.74, 6) is -0.673. The summed E-state index contributed by atoms with van der Waals surface area (Å²) in [5.41, 5.74) is 2.84. The first-order valence-electron chi connectivity index (χ1n) is 6.93. The number of rotatable bonds is 5. The van der Waals surface area contributed by atoms with Crippen LogP contribution in [-0.2, 0) is 11.3 Å². The molecule has 5 heteroatoms. The predicted octanol–water partition coefficient (Wildman–Crippen LogP) is 3.86. The van der Waals surface area contributed by atoms with Crippen molar-refractivity contribution in [1.29, 1.82) is 0 Å². The quantitative estimate of drug-likeness (QED) is 0.907. The average molecular weight is 321 g/mol. The molecule has 22 heavy (non-hydrogen) atoms. The molecule has 0 aliphatic carbocycles. The summed E-state index contributed by atoms with van der Waals surface area (Å²) >= 11 is 5.69. The summed E-state index contributed by atoms with van der Waals surface area (Å²) < 4.78 is 13.1. The van der Waals surface area contributed by atoms with Gasteiger partial charge in [0.1, 0.15) is 5.82 Å². The normalized spacial score (nSPS) is 10.8. The highest BCUT2D eigenvalue weighted by atomic mass is 35.5. The third kappa shape index (κ3) is 4.83. The number of carbonyl (C=O) groups is 1. The molecule has 1 amide bonds. The summed E-state index contributed by atoms with van der Waals surface area (Å²) in [6.45, 7) is 2.95. The average Bonchev–Trinajstić information content (AvgIpc) is 2.45. The molecule has 0 aromatic heterocycles. The second-order valence-electron chi connectivity index (χ2n) is 5.33. The number of hydrogen-bond donors (Lipinski definition) is 1. The third-order valence-electron chi connectivity index (χ3n) is 3.19. The lowest BCUT2D eigenvalue weighted by Crippen LogP contribution is -2.29. The van der Waals surface area contributed by atoms with Gasteiger partial charge in [0.2, 0.25) is 5.91 Å². The molecule has 0 bridgehead atoms. The number of carbonyl (C=O) groups excluding carboxylic acids is 1. The minimum absolute atomic E-state index is 0.00851. The highest BCUT2D eigenvalue weighted by Crippen LogP contribution is 2.19. The molecular weight excluding hydrogens is 303 g/mol. The van der Waals surface area contributed by atoms with Crippen molar-refractivity contribution in [2.24, 2.45) is 0 Å². The van der Waals surface area contributed by atoms with Crippen molar-refractivity contribution < 1.29 is 9.18 Å². The van der Waals surface area contributed by atoms with E-state index >= 15 is 0 Å². The Morgan fingerprint density at radius 1 is 1.23 bits per heavy atom. The summed E-state index contributed by atoms with van der Waals surface area (Å²) in [4.78, 5) is 13.9. The van der Waals surface area contributed by atoms with Crippen LogP contribution in [0.1, 0.15) is 11.1 Å². The SMILES string of the molecule is Cc1ccc(CN(C)CC(=O)Nc2ccc(F)c(Cl)c2)cc1. The van der Waals surface area contributed by atoms with E-state index < -0.39 is 5.82 Å². The van der Waals surface area contributed by atoms with Crippen LogP contribution in [-0.4, -0.2) is 24.4 Å². The van der Waals surface area contributed by atoms with Gasteiger partial charge in [-0.25, -0.2) is 4.39 Å². The zero-order valence-corrected chi connectivity index (χ0v) is 13.3. The Bertz CT molecular complexity index is 658. The molecule has 0 aliphatic rings. The Balaban J connectivity index is 1.88. The van der Waals surface area contributed by atoms with Gasteiger partial charge < -0.3 is 5.32 Å². The lowest BCUT2D eigenvalue weighted by Gasteiger charge is -2.16. The number of aryl methyl sites for hydroxylation is 1. The second-order valence-corrected chi connectivity index (χ2v) is 5.74. The second kappa shape index (κ2) is 7.38. The van der Waals surface area contributed by atoms with Gasteiger partial charge in [0.05, 0.1) is 11.6 Å². The molecule has 2 aromatic carbocycles. The van der Waals surface area contributed by atoms with Crippen LogP contribution in [0, 0.1) is 12.7 Å². The number of hydrogen-bond acceptors (Lipinski definition) is 2. The molecule has 0 saturated carbocycles. The van der Waals surface area contributed by atoms with Gasteiger partial charge in [-0.1, -0.05) is 41.4 Å². The predicted molar refractivity (Wildman–Crippen MR) is 87.6 cm³/mol. The highest BCUT2D eigenvalue weighted by Gasteiger charge is 2.09. The van der Waals surface area contributed by atoms with Crippen LogP contribution in [0.2, 0.25) is 5.02 Å². The van der Waals surface area contributed by atoms with Crippen LogP contribution in [0.25, 0.3) is 0 Å². The van der Waals surface area contributed by atoms with E-state index in [2.05, 4.69) is 5.32 Å². The molecule has 0 aliphatic heterocycles. The third-order valence-corrected chi connectivity index (χ3v) is 3.48. The van der Waals surface area contributed by atoms with Crippen molar-refractivity contribution in [2.45, 2.75) is 13.5 Å². The summed E-state index contributed by atoms with van der Waals surface area (Å²) in [6.07, 6.45) is 0. The van der Waals surface area contributed by atoms with E-state index in [1.165, 1.54) is 23.8 Å². The number of amides is 1. The zero-order chi connectivity index (χ0) is 16.1. The number of benzene rings is 2. The Labute approximate surface area is 134 Å². The minimum atomic E-state index is -0.504. The van der Waals surface area contributed by atoms with E-state index in [1.54, 1.807) is 0 Å². The maximum atomic E-state index is 13.1. The molecule has 0 spiro atoms. The van der Waals surface area contributed by atoms with E-state index in [9.17, 15) is 9.18 Å². The first-order valence-corrected chi connectivity index (χ1v) is 7.31. The van der Waals surface area contributed by atoms with Crippen molar-refractivity contribution in [2.75, 3.05) is 18.9 Å². The molecule has 1 N–H and O–H groups in total. The lowest BCUT2D eigenvalue weighted by atomic mass is 10.1. The fraction of sp³-hybridized carbons (Fsp3) is 0.235. The maximum Gasteiger partial charge on any atom is 0.238 e. The number of likely N-dealkylation sites (N-methyl/N-ethyl adjacent to an activating group) is 1. The Kier molecular flexibility index (Phi) is 5.52. The minimum Gasteiger partial charge on any atom is -0.325 e. The van der Waals surface area contributed by atoms with Crippen molar-refractivity contribution in [3.8, 4) is 0 Å². The van der Waals surface area contributed by atoms with Crippen LogP contribution in [0.15, 0.2) is 42.5 Å². The number of halogens is 2. The molecule has 0 radical (unpaired) electrons. The van der Waals surface area contributed by atoms with Crippen molar-refractivity contribution >= 4 is 23.2 Å². The Morgan fingerprint density at radius 2 is 1.91 bits per heavy atom. The van der Waals surface area contributed by atoms with Crippen molar-refractivity contribution in [1.82, 2.24) is 4.90 Å². The van der Waals surface area contributed by atoms with Gasteiger partial charge in [-0.05, 0) is 37.7 Å². The number of anilines is 1. The monoisotopic (exact) mass is 320 g/mol. The fourth-order valence-corrected chi connectivity index (χ4v) is 2.26. The Hall–Kier alpha value is -1.91. The fourth-order valence-electron chi connectivity index (χ4n) is 2.08. The first kappa shape index (κ1) is 16.5. The van der Waals surface area contributed by atoms with Crippen LogP contribution < -0.4 is 5.32 Å². The number of nitrogens with zero attached hydrogens (tertiary/aromatic N) is 1. The molecule has 2 rings (SSSR count). The van der Waals surface area contributed by atoms with E-state index in [1.807, 2.05) is 43.1 Å². The van der Waals surface area contributed by atoms with Gasteiger partial charge in [0.25, 0.3) is 0 Å². The largest absolute Gasteiger partial charge is 0.325 e. The smallest absolute Gasteiger partial charge is 0.238 e. The molecule has 2 aromatic rings. The van der Waals surface area contributed by atoms with Crippen LogP contribution in [0.3, 0.4) is 0 Å². The highest BCUT2D eigenvalue weighted by molar-refractivity contribution is 6.31. The molecule has 3 nitrogen and oxygen atoms in total. The molecule has 0 unspecified atom stereocenters. The van der Waals surface area contributed by atoms with E-state index in [4.69, 9.17) is 11.6 Å².